The molecule has 0 atom stereocenters. The number of anilines is 1. The fourth-order valence-electron chi connectivity index (χ4n) is 3.92. The average Bonchev–Trinajstić information content (AvgIpc) is 3.56. The zero-order valence-corrected chi connectivity index (χ0v) is 17.7. The number of amides is 1. The molecular weight excluding hydrogens is 398 g/mol. The second kappa shape index (κ2) is 8.72. The smallest absolute Gasteiger partial charge is 0.340 e. The van der Waals surface area contributed by atoms with Crippen molar-refractivity contribution in [3.63, 3.8) is 0 Å². The monoisotopic (exact) mass is 423 g/mol. The highest BCUT2D eigenvalue weighted by molar-refractivity contribution is 5.97. The van der Waals surface area contributed by atoms with Crippen LogP contribution in [0.2, 0.25) is 0 Å². The maximum atomic E-state index is 12.9. The lowest BCUT2D eigenvalue weighted by molar-refractivity contribution is -0.121. The molecule has 2 aromatic rings. The van der Waals surface area contributed by atoms with Gasteiger partial charge in [0.05, 0.1) is 18.1 Å². The Balaban J connectivity index is 1.46. The van der Waals surface area contributed by atoms with E-state index in [1.54, 1.807) is 18.2 Å². The van der Waals surface area contributed by atoms with Gasteiger partial charge in [0.2, 0.25) is 0 Å². The summed E-state index contributed by atoms with van der Waals surface area (Å²) >= 11 is 0. The van der Waals surface area contributed by atoms with E-state index >= 15 is 0 Å². The van der Waals surface area contributed by atoms with Gasteiger partial charge in [0, 0.05) is 35.7 Å². The second-order valence-corrected chi connectivity index (χ2v) is 7.74. The van der Waals surface area contributed by atoms with Crippen molar-refractivity contribution >= 4 is 17.6 Å². The van der Waals surface area contributed by atoms with Crippen LogP contribution in [-0.2, 0) is 9.53 Å². The minimum atomic E-state index is -0.518. The summed E-state index contributed by atoms with van der Waals surface area (Å²) in [4.78, 5) is 27.0. The SMILES string of the molecule is Cc1cc(C(=O)OCC(=O)N(CCC#N)c2ccc3c(c2)OCCO3)c(C)n1C1CC1. The standard InChI is InChI=1S/C23H25N3O5/c1-15-12-19(16(2)26(15)17-4-5-17)23(28)31-14-22(27)25(9-3-8-24)18-6-7-20-21(13-18)30-11-10-29-20/h6-7,12-13,17H,3-5,9-11,14H2,1-2H3. The molecule has 0 radical (unpaired) electrons. The van der Waals surface area contributed by atoms with Gasteiger partial charge in [0.1, 0.15) is 13.2 Å². The van der Waals surface area contributed by atoms with Crippen molar-refractivity contribution in [2.75, 3.05) is 31.3 Å². The van der Waals surface area contributed by atoms with Gasteiger partial charge in [0.15, 0.2) is 18.1 Å². The summed E-state index contributed by atoms with van der Waals surface area (Å²) in [6.45, 7) is 4.55. The van der Waals surface area contributed by atoms with Crippen LogP contribution >= 0.6 is 0 Å². The van der Waals surface area contributed by atoms with Gasteiger partial charge in [-0.1, -0.05) is 0 Å². The average molecular weight is 423 g/mol. The number of esters is 1. The summed E-state index contributed by atoms with van der Waals surface area (Å²) in [6, 6.07) is 9.49. The lowest BCUT2D eigenvalue weighted by atomic mass is 10.2. The zero-order chi connectivity index (χ0) is 22.0. The number of nitriles is 1. The molecule has 1 aromatic heterocycles. The summed E-state index contributed by atoms with van der Waals surface area (Å²) in [7, 11) is 0. The molecule has 0 unspecified atom stereocenters. The van der Waals surface area contributed by atoms with E-state index in [0.717, 1.165) is 24.2 Å². The molecule has 1 fully saturated rings. The van der Waals surface area contributed by atoms with Crippen LogP contribution < -0.4 is 14.4 Å². The first-order chi connectivity index (χ1) is 15.0. The summed E-state index contributed by atoms with van der Waals surface area (Å²) < 4.78 is 18.6. The van der Waals surface area contributed by atoms with Crippen molar-refractivity contribution < 1.29 is 23.8 Å². The van der Waals surface area contributed by atoms with Gasteiger partial charge in [0.25, 0.3) is 5.91 Å². The Hall–Kier alpha value is -3.47. The molecule has 1 saturated carbocycles. The molecule has 0 bridgehead atoms. The van der Waals surface area contributed by atoms with Crippen LogP contribution in [0.3, 0.4) is 0 Å². The van der Waals surface area contributed by atoms with E-state index in [9.17, 15) is 9.59 Å². The molecule has 0 N–H and O–H groups in total. The summed E-state index contributed by atoms with van der Waals surface area (Å²) in [6.07, 6.45) is 2.39. The number of rotatable bonds is 7. The molecule has 0 saturated heterocycles. The number of carbonyl (C=O) groups excluding carboxylic acids is 2. The zero-order valence-electron chi connectivity index (χ0n) is 17.7. The van der Waals surface area contributed by atoms with Gasteiger partial charge in [-0.25, -0.2) is 4.79 Å². The fourth-order valence-corrected chi connectivity index (χ4v) is 3.92. The van der Waals surface area contributed by atoms with Crippen LogP contribution in [0.1, 0.15) is 47.1 Å². The number of nitrogens with zero attached hydrogens (tertiary/aromatic N) is 3. The van der Waals surface area contributed by atoms with E-state index in [-0.39, 0.29) is 13.0 Å². The van der Waals surface area contributed by atoms with Crippen LogP contribution in [0, 0.1) is 25.2 Å². The Kier molecular flexibility index (Phi) is 5.85. The summed E-state index contributed by atoms with van der Waals surface area (Å²) in [5, 5.41) is 8.99. The molecule has 31 heavy (non-hydrogen) atoms. The number of aryl methyl sites for hydroxylation is 1. The Morgan fingerprint density at radius 2 is 1.94 bits per heavy atom. The molecular formula is C23H25N3O5. The number of hydrogen-bond acceptors (Lipinski definition) is 6. The predicted octanol–water partition coefficient (Wildman–Crippen LogP) is 3.31. The van der Waals surface area contributed by atoms with Gasteiger partial charge in [-0.15, -0.1) is 0 Å². The normalized spacial score (nSPS) is 14.6. The molecule has 2 aliphatic rings. The van der Waals surface area contributed by atoms with E-state index < -0.39 is 18.5 Å². The minimum Gasteiger partial charge on any atom is -0.486 e. The van der Waals surface area contributed by atoms with Crippen LogP contribution in [0.25, 0.3) is 0 Å². The first-order valence-electron chi connectivity index (χ1n) is 10.4. The molecule has 1 aliphatic heterocycles. The fraction of sp³-hybridized carbons (Fsp3) is 0.435. The van der Waals surface area contributed by atoms with E-state index in [0.29, 0.717) is 42.0 Å². The topological polar surface area (TPSA) is 93.8 Å². The van der Waals surface area contributed by atoms with Gasteiger partial charge in [-0.05, 0) is 44.9 Å². The number of ether oxygens (including phenoxy) is 3. The highest BCUT2D eigenvalue weighted by atomic mass is 16.6. The molecule has 2 heterocycles. The van der Waals surface area contributed by atoms with Crippen molar-refractivity contribution in [2.45, 2.75) is 39.2 Å². The number of aromatic nitrogens is 1. The highest BCUT2D eigenvalue weighted by Gasteiger charge is 2.29. The Morgan fingerprint density at radius 3 is 2.65 bits per heavy atom. The van der Waals surface area contributed by atoms with E-state index in [1.807, 2.05) is 26.0 Å². The minimum absolute atomic E-state index is 0.149. The molecule has 0 spiro atoms. The third-order valence-corrected chi connectivity index (χ3v) is 5.53. The number of benzene rings is 1. The predicted molar refractivity (Wildman–Crippen MR) is 112 cm³/mol. The van der Waals surface area contributed by atoms with Crippen LogP contribution in [0.15, 0.2) is 24.3 Å². The highest BCUT2D eigenvalue weighted by Crippen LogP contribution is 2.38. The molecule has 8 nitrogen and oxygen atoms in total. The van der Waals surface area contributed by atoms with Gasteiger partial charge >= 0.3 is 5.97 Å². The number of carbonyl (C=O) groups is 2. The Labute approximate surface area is 180 Å². The quantitative estimate of drug-likeness (QED) is 0.634. The first kappa shape index (κ1) is 20.8. The first-order valence-corrected chi connectivity index (χ1v) is 10.4. The van der Waals surface area contributed by atoms with E-state index in [1.165, 1.54) is 4.90 Å². The largest absolute Gasteiger partial charge is 0.486 e. The molecule has 1 aromatic carbocycles. The molecule has 4 rings (SSSR count). The van der Waals surface area contributed by atoms with Gasteiger partial charge in [-0.3, -0.25) is 4.79 Å². The van der Waals surface area contributed by atoms with Crippen molar-refractivity contribution in [3.8, 4) is 17.6 Å². The third-order valence-electron chi connectivity index (χ3n) is 5.53. The lowest BCUT2D eigenvalue weighted by Crippen LogP contribution is -2.35. The molecule has 162 valence electrons. The van der Waals surface area contributed by atoms with Crippen molar-refractivity contribution in [1.82, 2.24) is 4.57 Å². The van der Waals surface area contributed by atoms with Crippen molar-refractivity contribution in [3.05, 3.63) is 41.2 Å². The van der Waals surface area contributed by atoms with Crippen LogP contribution in [0.5, 0.6) is 11.5 Å². The maximum Gasteiger partial charge on any atom is 0.340 e. The molecule has 1 aliphatic carbocycles. The molecule has 1 amide bonds. The second-order valence-electron chi connectivity index (χ2n) is 7.74. The lowest BCUT2D eigenvalue weighted by Gasteiger charge is -2.24. The van der Waals surface area contributed by atoms with E-state index in [4.69, 9.17) is 19.5 Å². The van der Waals surface area contributed by atoms with Gasteiger partial charge in [-0.2, -0.15) is 5.26 Å². The van der Waals surface area contributed by atoms with Crippen LogP contribution in [-0.4, -0.2) is 42.8 Å². The summed E-state index contributed by atoms with van der Waals surface area (Å²) in [5.74, 6) is 0.232. The van der Waals surface area contributed by atoms with Gasteiger partial charge < -0.3 is 23.7 Å². The van der Waals surface area contributed by atoms with E-state index in [2.05, 4.69) is 4.57 Å². The Morgan fingerprint density at radius 1 is 1.19 bits per heavy atom. The molecule has 8 heteroatoms. The Bertz CT molecular complexity index is 1050. The number of hydrogen-bond donors (Lipinski definition) is 0. The third kappa shape index (κ3) is 4.36. The number of fused-ring (bicyclic) bond motifs is 1. The summed E-state index contributed by atoms with van der Waals surface area (Å²) in [5.41, 5.74) is 2.93. The van der Waals surface area contributed by atoms with Crippen molar-refractivity contribution in [1.29, 1.82) is 5.26 Å². The van der Waals surface area contributed by atoms with Crippen LogP contribution in [0.4, 0.5) is 5.69 Å². The maximum absolute atomic E-state index is 12.9. The van der Waals surface area contributed by atoms with Crippen molar-refractivity contribution in [2.24, 2.45) is 0 Å².